The first-order valence-electron chi connectivity index (χ1n) is 8.04. The molecule has 0 aliphatic carbocycles. The molecular weight excluding hydrogens is 372 g/mol. The first-order valence-corrected chi connectivity index (χ1v) is 9.24. The van der Waals surface area contributed by atoms with Crippen LogP contribution in [0.15, 0.2) is 36.4 Å². The molecule has 6 nitrogen and oxygen atoms in total. The summed E-state index contributed by atoms with van der Waals surface area (Å²) in [5, 5.41) is 13.5. The number of aliphatic hydroxyl groups is 1. The van der Waals surface area contributed by atoms with Crippen molar-refractivity contribution in [1.82, 2.24) is 15.3 Å². The topological polar surface area (TPSA) is 104 Å². The van der Waals surface area contributed by atoms with Crippen molar-refractivity contribution in [3.05, 3.63) is 62.7 Å². The Hall–Kier alpha value is -2.19. The molecule has 0 spiro atoms. The van der Waals surface area contributed by atoms with Gasteiger partial charge in [-0.1, -0.05) is 23.7 Å². The van der Waals surface area contributed by atoms with Crippen LogP contribution >= 0.6 is 22.9 Å². The Kier molecular flexibility index (Phi) is 5.73. The molecule has 0 bridgehead atoms. The molecule has 1 atom stereocenters. The van der Waals surface area contributed by atoms with Gasteiger partial charge in [0.25, 0.3) is 5.91 Å². The molecule has 3 rings (SSSR count). The lowest BCUT2D eigenvalue weighted by molar-refractivity contribution is 0.0933. The number of aryl methyl sites for hydroxylation is 1. The van der Waals surface area contributed by atoms with Gasteiger partial charge in [0.05, 0.1) is 23.2 Å². The van der Waals surface area contributed by atoms with Gasteiger partial charge in [-0.05, 0) is 36.8 Å². The standard InChI is InChI=1S/C18H19ClN4O2S/c1-10-16(9-24)26-18(21-10)15(8-20)23-17(25)14-7-6-13(22-14)11-2-4-12(19)5-3-11/h2-7,15,22,24H,8-9,20H2,1H3,(H,23,25)/t15-/m1/s1. The number of H-pyrrole nitrogens is 1. The zero-order valence-corrected chi connectivity index (χ0v) is 15.7. The smallest absolute Gasteiger partial charge is 0.268 e. The molecule has 5 N–H and O–H groups in total. The summed E-state index contributed by atoms with van der Waals surface area (Å²) in [6.07, 6.45) is 0. The molecule has 8 heteroatoms. The zero-order chi connectivity index (χ0) is 18.7. The number of rotatable bonds is 6. The van der Waals surface area contributed by atoms with Gasteiger partial charge >= 0.3 is 0 Å². The number of benzene rings is 1. The van der Waals surface area contributed by atoms with Crippen molar-refractivity contribution in [1.29, 1.82) is 0 Å². The minimum atomic E-state index is -0.409. The van der Waals surface area contributed by atoms with Crippen molar-refractivity contribution in [2.45, 2.75) is 19.6 Å². The molecule has 26 heavy (non-hydrogen) atoms. The summed E-state index contributed by atoms with van der Waals surface area (Å²) in [6.45, 7) is 1.97. The Morgan fingerprint density at radius 2 is 2.08 bits per heavy atom. The number of carbonyl (C=O) groups excluding carboxylic acids is 1. The number of aliphatic hydroxyl groups excluding tert-OH is 1. The molecule has 1 aromatic carbocycles. The van der Waals surface area contributed by atoms with Crippen LogP contribution in [0.2, 0.25) is 5.02 Å². The van der Waals surface area contributed by atoms with Crippen LogP contribution in [0.5, 0.6) is 0 Å². The lowest BCUT2D eigenvalue weighted by Crippen LogP contribution is -2.33. The number of carbonyl (C=O) groups is 1. The van der Waals surface area contributed by atoms with Gasteiger partial charge in [-0.15, -0.1) is 11.3 Å². The molecular formula is C18H19ClN4O2S. The number of thiazole rings is 1. The maximum absolute atomic E-state index is 12.6. The van der Waals surface area contributed by atoms with Crippen molar-refractivity contribution in [2.75, 3.05) is 6.54 Å². The van der Waals surface area contributed by atoms with Crippen molar-refractivity contribution >= 4 is 28.8 Å². The van der Waals surface area contributed by atoms with Crippen LogP contribution in [0.25, 0.3) is 11.3 Å². The van der Waals surface area contributed by atoms with E-state index in [4.69, 9.17) is 17.3 Å². The summed E-state index contributed by atoms with van der Waals surface area (Å²) in [6, 6.07) is 10.5. The predicted molar refractivity (Wildman–Crippen MR) is 103 cm³/mol. The quantitative estimate of drug-likeness (QED) is 0.519. The summed E-state index contributed by atoms with van der Waals surface area (Å²) < 4.78 is 0. The highest BCUT2D eigenvalue weighted by Crippen LogP contribution is 2.24. The fourth-order valence-electron chi connectivity index (χ4n) is 2.53. The maximum Gasteiger partial charge on any atom is 0.268 e. The lowest BCUT2D eigenvalue weighted by Gasteiger charge is -2.13. The van der Waals surface area contributed by atoms with Gasteiger partial charge in [0.15, 0.2) is 0 Å². The molecule has 0 radical (unpaired) electrons. The minimum Gasteiger partial charge on any atom is -0.391 e. The van der Waals surface area contributed by atoms with Crippen molar-refractivity contribution in [2.24, 2.45) is 5.73 Å². The average Bonchev–Trinajstić information content (AvgIpc) is 3.27. The van der Waals surface area contributed by atoms with E-state index in [2.05, 4.69) is 15.3 Å². The second-order valence-corrected chi connectivity index (χ2v) is 7.32. The molecule has 0 saturated carbocycles. The molecule has 1 amide bonds. The SMILES string of the molecule is Cc1nc([C@@H](CN)NC(=O)c2ccc(-c3ccc(Cl)cc3)[nH]2)sc1CO. The summed E-state index contributed by atoms with van der Waals surface area (Å²) in [4.78, 5) is 20.8. The molecule has 2 heterocycles. The van der Waals surface area contributed by atoms with Crippen LogP contribution in [0, 0.1) is 6.92 Å². The molecule has 2 aromatic heterocycles. The summed E-state index contributed by atoms with van der Waals surface area (Å²) >= 11 is 7.26. The Morgan fingerprint density at radius 1 is 1.35 bits per heavy atom. The number of nitrogens with zero attached hydrogens (tertiary/aromatic N) is 1. The average molecular weight is 391 g/mol. The van der Waals surface area contributed by atoms with Crippen LogP contribution < -0.4 is 11.1 Å². The predicted octanol–water partition coefficient (Wildman–Crippen LogP) is 3.02. The minimum absolute atomic E-state index is 0.0736. The largest absolute Gasteiger partial charge is 0.391 e. The lowest BCUT2D eigenvalue weighted by atomic mass is 10.2. The molecule has 0 fully saturated rings. The highest BCUT2D eigenvalue weighted by molar-refractivity contribution is 7.11. The van der Waals surface area contributed by atoms with E-state index in [9.17, 15) is 9.90 Å². The van der Waals surface area contributed by atoms with E-state index in [1.165, 1.54) is 11.3 Å². The van der Waals surface area contributed by atoms with Crippen LogP contribution in [0.4, 0.5) is 0 Å². The van der Waals surface area contributed by atoms with E-state index < -0.39 is 6.04 Å². The first-order chi connectivity index (χ1) is 12.5. The monoisotopic (exact) mass is 390 g/mol. The molecule has 0 unspecified atom stereocenters. The third-order valence-corrected chi connectivity index (χ3v) is 5.49. The number of nitrogens with two attached hydrogens (primary N) is 1. The number of hydrogen-bond donors (Lipinski definition) is 4. The van der Waals surface area contributed by atoms with Crippen molar-refractivity contribution in [3.8, 4) is 11.3 Å². The number of hydrogen-bond acceptors (Lipinski definition) is 5. The first kappa shape index (κ1) is 18.6. The second-order valence-electron chi connectivity index (χ2n) is 5.77. The van der Waals surface area contributed by atoms with E-state index in [0.29, 0.717) is 15.7 Å². The van der Waals surface area contributed by atoms with Crippen molar-refractivity contribution in [3.63, 3.8) is 0 Å². The summed E-state index contributed by atoms with van der Waals surface area (Å²) in [5.74, 6) is -0.265. The van der Waals surface area contributed by atoms with E-state index in [-0.39, 0.29) is 19.1 Å². The zero-order valence-electron chi connectivity index (χ0n) is 14.1. The van der Waals surface area contributed by atoms with E-state index in [1.54, 1.807) is 18.2 Å². The normalized spacial score (nSPS) is 12.2. The summed E-state index contributed by atoms with van der Waals surface area (Å²) in [5.41, 5.74) is 8.76. The van der Waals surface area contributed by atoms with Crippen LogP contribution in [-0.2, 0) is 6.61 Å². The van der Waals surface area contributed by atoms with Gasteiger partial charge in [0.1, 0.15) is 10.7 Å². The number of nitrogens with one attached hydrogen (secondary N) is 2. The van der Waals surface area contributed by atoms with Crippen LogP contribution in [0.3, 0.4) is 0 Å². The number of aromatic nitrogens is 2. The fourth-order valence-corrected chi connectivity index (χ4v) is 3.65. The molecule has 0 aliphatic rings. The van der Waals surface area contributed by atoms with Gasteiger partial charge in [-0.2, -0.15) is 0 Å². The molecule has 3 aromatic rings. The Labute approximate surface area is 160 Å². The Bertz CT molecular complexity index is 904. The Balaban J connectivity index is 1.75. The molecule has 136 valence electrons. The van der Waals surface area contributed by atoms with Crippen molar-refractivity contribution < 1.29 is 9.90 Å². The maximum atomic E-state index is 12.6. The van der Waals surface area contributed by atoms with E-state index in [0.717, 1.165) is 21.8 Å². The highest BCUT2D eigenvalue weighted by atomic mass is 35.5. The van der Waals surface area contributed by atoms with Gasteiger partial charge in [-0.25, -0.2) is 4.98 Å². The number of amides is 1. The van der Waals surface area contributed by atoms with E-state index in [1.807, 2.05) is 25.1 Å². The van der Waals surface area contributed by atoms with Crippen LogP contribution in [0.1, 0.15) is 32.1 Å². The van der Waals surface area contributed by atoms with Gasteiger partial charge < -0.3 is 21.1 Å². The molecule has 0 aliphatic heterocycles. The van der Waals surface area contributed by atoms with Gasteiger partial charge in [0, 0.05) is 17.3 Å². The van der Waals surface area contributed by atoms with Gasteiger partial charge in [0.2, 0.25) is 0 Å². The number of aromatic amines is 1. The van der Waals surface area contributed by atoms with Crippen LogP contribution in [-0.4, -0.2) is 27.5 Å². The number of halogens is 1. The summed E-state index contributed by atoms with van der Waals surface area (Å²) in [7, 11) is 0. The van der Waals surface area contributed by atoms with Gasteiger partial charge in [-0.3, -0.25) is 4.79 Å². The third-order valence-electron chi connectivity index (χ3n) is 3.98. The Morgan fingerprint density at radius 3 is 2.69 bits per heavy atom. The fraction of sp³-hybridized carbons (Fsp3) is 0.222. The third kappa shape index (κ3) is 3.96. The molecule has 0 saturated heterocycles. The second kappa shape index (κ2) is 8.01. The van der Waals surface area contributed by atoms with E-state index >= 15 is 0 Å². The highest BCUT2D eigenvalue weighted by Gasteiger charge is 2.20.